The van der Waals surface area contributed by atoms with Gasteiger partial charge in [0, 0.05) is 6.42 Å². The fourth-order valence-corrected chi connectivity index (χ4v) is 1.77. The largest absolute Gasteiger partial charge is 0.480 e. The van der Waals surface area contributed by atoms with Crippen LogP contribution in [0.5, 0.6) is 0 Å². The van der Waals surface area contributed by atoms with E-state index < -0.39 is 12.0 Å². The van der Waals surface area contributed by atoms with Crippen molar-refractivity contribution in [1.29, 1.82) is 0 Å². The SMILES string of the molecule is CC1CCC(CCC(=O)NC(C)C(=O)O)O1. The number of aliphatic carboxylic acids is 1. The number of carbonyl (C=O) groups is 2. The fraction of sp³-hybridized carbons (Fsp3) is 0.818. The lowest BCUT2D eigenvalue weighted by molar-refractivity contribution is -0.141. The van der Waals surface area contributed by atoms with Gasteiger partial charge in [-0.05, 0) is 33.1 Å². The molecule has 2 N–H and O–H groups in total. The molecule has 0 aromatic heterocycles. The molecule has 0 spiro atoms. The smallest absolute Gasteiger partial charge is 0.325 e. The van der Waals surface area contributed by atoms with Gasteiger partial charge in [-0.3, -0.25) is 9.59 Å². The number of hydrogen-bond acceptors (Lipinski definition) is 3. The summed E-state index contributed by atoms with van der Waals surface area (Å²) in [6, 6.07) is -0.823. The molecule has 1 rings (SSSR count). The van der Waals surface area contributed by atoms with Gasteiger partial charge in [-0.15, -0.1) is 0 Å². The van der Waals surface area contributed by atoms with Crippen LogP contribution in [0.1, 0.15) is 39.5 Å². The lowest BCUT2D eigenvalue weighted by Gasteiger charge is -2.12. The van der Waals surface area contributed by atoms with Crippen molar-refractivity contribution in [2.24, 2.45) is 0 Å². The van der Waals surface area contributed by atoms with Crippen LogP contribution in [0.2, 0.25) is 0 Å². The van der Waals surface area contributed by atoms with Crippen molar-refractivity contribution in [3.05, 3.63) is 0 Å². The summed E-state index contributed by atoms with van der Waals surface area (Å²) < 4.78 is 5.57. The Hall–Kier alpha value is -1.10. The molecule has 5 heteroatoms. The summed E-state index contributed by atoms with van der Waals surface area (Å²) >= 11 is 0. The minimum atomic E-state index is -1.01. The van der Waals surface area contributed by atoms with Crippen molar-refractivity contribution in [1.82, 2.24) is 5.32 Å². The van der Waals surface area contributed by atoms with E-state index in [4.69, 9.17) is 9.84 Å². The molecule has 0 aliphatic carbocycles. The highest BCUT2D eigenvalue weighted by atomic mass is 16.5. The maximum absolute atomic E-state index is 11.4. The first-order valence-corrected chi connectivity index (χ1v) is 5.66. The molecule has 0 aromatic carbocycles. The number of amides is 1. The summed E-state index contributed by atoms with van der Waals surface area (Å²) in [7, 11) is 0. The minimum absolute atomic E-state index is 0.154. The van der Waals surface area contributed by atoms with Crippen LogP contribution in [0.15, 0.2) is 0 Å². The highest BCUT2D eigenvalue weighted by molar-refractivity contribution is 5.83. The van der Waals surface area contributed by atoms with Crippen LogP contribution >= 0.6 is 0 Å². The zero-order valence-corrected chi connectivity index (χ0v) is 9.73. The Bertz CT molecular complexity index is 267. The highest BCUT2D eigenvalue weighted by Crippen LogP contribution is 2.22. The maximum atomic E-state index is 11.4. The van der Waals surface area contributed by atoms with E-state index in [2.05, 4.69) is 5.32 Å². The van der Waals surface area contributed by atoms with E-state index in [0.717, 1.165) is 12.8 Å². The number of nitrogens with one attached hydrogen (secondary N) is 1. The molecule has 1 saturated heterocycles. The van der Waals surface area contributed by atoms with Gasteiger partial charge >= 0.3 is 5.97 Å². The summed E-state index contributed by atoms with van der Waals surface area (Å²) in [6.07, 6.45) is 3.46. The van der Waals surface area contributed by atoms with E-state index in [-0.39, 0.29) is 18.1 Å². The molecule has 1 amide bonds. The van der Waals surface area contributed by atoms with E-state index in [1.54, 1.807) is 0 Å². The average Bonchev–Trinajstić information content (AvgIpc) is 2.61. The van der Waals surface area contributed by atoms with Crippen LogP contribution < -0.4 is 5.32 Å². The van der Waals surface area contributed by atoms with Crippen molar-refractivity contribution < 1.29 is 19.4 Å². The normalized spacial score (nSPS) is 26.4. The Kier molecular flexibility index (Phi) is 4.73. The van der Waals surface area contributed by atoms with E-state index in [1.165, 1.54) is 6.92 Å². The molecule has 0 radical (unpaired) electrons. The molecule has 0 aromatic rings. The van der Waals surface area contributed by atoms with E-state index >= 15 is 0 Å². The van der Waals surface area contributed by atoms with Gasteiger partial charge in [0.1, 0.15) is 6.04 Å². The zero-order chi connectivity index (χ0) is 12.1. The van der Waals surface area contributed by atoms with Gasteiger partial charge in [0.2, 0.25) is 5.91 Å². The summed E-state index contributed by atoms with van der Waals surface area (Å²) in [5.74, 6) is -1.24. The molecule has 1 heterocycles. The number of hydrogen-bond donors (Lipinski definition) is 2. The fourth-order valence-electron chi connectivity index (χ4n) is 1.77. The van der Waals surface area contributed by atoms with E-state index in [9.17, 15) is 9.59 Å². The van der Waals surface area contributed by atoms with Crippen LogP contribution in [0.4, 0.5) is 0 Å². The first-order valence-electron chi connectivity index (χ1n) is 5.66. The Morgan fingerprint density at radius 1 is 1.50 bits per heavy atom. The summed E-state index contributed by atoms with van der Waals surface area (Å²) in [5.41, 5.74) is 0. The Balaban J connectivity index is 2.17. The predicted molar refractivity (Wildman–Crippen MR) is 58.0 cm³/mol. The quantitative estimate of drug-likeness (QED) is 0.735. The molecule has 3 unspecified atom stereocenters. The average molecular weight is 229 g/mol. The van der Waals surface area contributed by atoms with Crippen molar-refractivity contribution in [2.45, 2.75) is 57.8 Å². The molecule has 3 atom stereocenters. The number of ether oxygens (including phenoxy) is 1. The molecule has 92 valence electrons. The van der Waals surface area contributed by atoms with Crippen LogP contribution in [0.3, 0.4) is 0 Å². The number of rotatable bonds is 5. The third kappa shape index (κ3) is 4.18. The molecular weight excluding hydrogens is 210 g/mol. The maximum Gasteiger partial charge on any atom is 0.325 e. The van der Waals surface area contributed by atoms with Crippen molar-refractivity contribution in [3.63, 3.8) is 0 Å². The highest BCUT2D eigenvalue weighted by Gasteiger charge is 2.22. The summed E-state index contributed by atoms with van der Waals surface area (Å²) in [6.45, 7) is 3.47. The van der Waals surface area contributed by atoms with Crippen molar-refractivity contribution >= 4 is 11.9 Å². The molecule has 16 heavy (non-hydrogen) atoms. The van der Waals surface area contributed by atoms with Gasteiger partial charge in [-0.2, -0.15) is 0 Å². The number of carboxylic acid groups (broad SMARTS) is 1. The zero-order valence-electron chi connectivity index (χ0n) is 9.73. The second kappa shape index (κ2) is 5.84. The van der Waals surface area contributed by atoms with Gasteiger partial charge in [-0.25, -0.2) is 0 Å². The van der Waals surface area contributed by atoms with E-state index in [0.29, 0.717) is 12.8 Å². The first kappa shape index (κ1) is 13.0. The number of carbonyl (C=O) groups excluding carboxylic acids is 1. The Morgan fingerprint density at radius 2 is 2.19 bits per heavy atom. The van der Waals surface area contributed by atoms with Gasteiger partial charge in [0.25, 0.3) is 0 Å². The third-order valence-corrected chi connectivity index (χ3v) is 2.76. The minimum Gasteiger partial charge on any atom is -0.480 e. The molecule has 0 bridgehead atoms. The van der Waals surface area contributed by atoms with Crippen LogP contribution in [-0.2, 0) is 14.3 Å². The molecule has 0 saturated carbocycles. The van der Waals surface area contributed by atoms with Gasteiger partial charge in [0.05, 0.1) is 12.2 Å². The monoisotopic (exact) mass is 229 g/mol. The predicted octanol–water partition coefficient (Wildman–Crippen LogP) is 0.923. The first-order chi connectivity index (χ1) is 7.49. The molecule has 1 aliphatic rings. The van der Waals surface area contributed by atoms with Crippen molar-refractivity contribution in [3.8, 4) is 0 Å². The van der Waals surface area contributed by atoms with Crippen molar-refractivity contribution in [2.75, 3.05) is 0 Å². The standard InChI is InChI=1S/C11H19NO4/c1-7-3-4-9(16-7)5-6-10(13)12-8(2)11(14)15/h7-9H,3-6H2,1-2H3,(H,12,13)(H,14,15). The summed E-state index contributed by atoms with van der Waals surface area (Å²) in [4.78, 5) is 21.9. The van der Waals surface area contributed by atoms with Crippen LogP contribution in [-0.4, -0.2) is 35.2 Å². The van der Waals surface area contributed by atoms with Gasteiger partial charge in [-0.1, -0.05) is 0 Å². The Morgan fingerprint density at radius 3 is 2.69 bits per heavy atom. The lowest BCUT2D eigenvalue weighted by atomic mass is 10.1. The van der Waals surface area contributed by atoms with Crippen LogP contribution in [0, 0.1) is 0 Å². The third-order valence-electron chi connectivity index (χ3n) is 2.76. The van der Waals surface area contributed by atoms with Gasteiger partial charge < -0.3 is 15.2 Å². The van der Waals surface area contributed by atoms with Gasteiger partial charge in [0.15, 0.2) is 0 Å². The number of carboxylic acids is 1. The topological polar surface area (TPSA) is 75.6 Å². The van der Waals surface area contributed by atoms with E-state index in [1.807, 2.05) is 6.92 Å². The second-order valence-corrected chi connectivity index (χ2v) is 4.31. The molecular formula is C11H19NO4. The molecule has 1 fully saturated rings. The summed E-state index contributed by atoms with van der Waals surface area (Å²) in [5, 5.41) is 11.0. The van der Waals surface area contributed by atoms with Crippen LogP contribution in [0.25, 0.3) is 0 Å². The molecule has 1 aliphatic heterocycles. The molecule has 5 nitrogen and oxygen atoms in total. The second-order valence-electron chi connectivity index (χ2n) is 4.31. The Labute approximate surface area is 95.2 Å². The lowest BCUT2D eigenvalue weighted by Crippen LogP contribution is -2.38.